The van der Waals surface area contributed by atoms with Gasteiger partial charge in [0.15, 0.2) is 0 Å². The molecule has 4 nitrogen and oxygen atoms in total. The number of hydrogen-bond acceptors (Lipinski definition) is 3. The second-order valence-electron chi connectivity index (χ2n) is 5.75. The Morgan fingerprint density at radius 1 is 1.30 bits per heavy atom. The van der Waals surface area contributed by atoms with Gasteiger partial charge in [-0.05, 0) is 31.9 Å². The quantitative estimate of drug-likeness (QED) is 0.880. The van der Waals surface area contributed by atoms with Gasteiger partial charge in [0.1, 0.15) is 5.82 Å². The molecule has 2 rings (SSSR count). The Morgan fingerprint density at radius 2 is 1.95 bits per heavy atom. The maximum atomic E-state index is 9.93. The standard InChI is InChI=1S/C16H23N3O/c1-12(15-17-9-10-19(15)4)18-11-13-5-7-14(8-6-13)16(2,3)20/h5-10,12,18,20H,11H2,1-4H3. The van der Waals surface area contributed by atoms with E-state index in [1.165, 1.54) is 5.56 Å². The van der Waals surface area contributed by atoms with Crippen molar-refractivity contribution < 1.29 is 5.11 Å². The van der Waals surface area contributed by atoms with E-state index < -0.39 is 5.60 Å². The van der Waals surface area contributed by atoms with Crippen LogP contribution < -0.4 is 5.32 Å². The Bertz CT molecular complexity index is 552. The summed E-state index contributed by atoms with van der Waals surface area (Å²) in [5, 5.41) is 13.4. The van der Waals surface area contributed by atoms with Crippen molar-refractivity contribution in [1.29, 1.82) is 0 Å². The van der Waals surface area contributed by atoms with Gasteiger partial charge in [-0.1, -0.05) is 24.3 Å². The monoisotopic (exact) mass is 273 g/mol. The van der Waals surface area contributed by atoms with Crippen LogP contribution in [0.15, 0.2) is 36.7 Å². The third-order valence-electron chi connectivity index (χ3n) is 3.52. The molecule has 2 aromatic rings. The molecule has 1 aromatic carbocycles. The molecule has 0 saturated carbocycles. The normalized spacial score (nSPS) is 13.4. The van der Waals surface area contributed by atoms with Crippen molar-refractivity contribution in [2.24, 2.45) is 7.05 Å². The Labute approximate surface area is 120 Å². The molecule has 0 aliphatic heterocycles. The zero-order valence-corrected chi connectivity index (χ0v) is 12.6. The van der Waals surface area contributed by atoms with Crippen LogP contribution >= 0.6 is 0 Å². The minimum atomic E-state index is -0.786. The highest BCUT2D eigenvalue weighted by Gasteiger charge is 2.15. The lowest BCUT2D eigenvalue weighted by Gasteiger charge is -2.18. The van der Waals surface area contributed by atoms with Crippen LogP contribution in [0.4, 0.5) is 0 Å². The zero-order valence-electron chi connectivity index (χ0n) is 12.6. The summed E-state index contributed by atoms with van der Waals surface area (Å²) >= 11 is 0. The molecule has 0 spiro atoms. The molecule has 0 aliphatic rings. The Balaban J connectivity index is 1.96. The van der Waals surface area contributed by atoms with Crippen LogP contribution in [-0.2, 0) is 19.2 Å². The van der Waals surface area contributed by atoms with E-state index in [1.807, 2.05) is 48.3 Å². The van der Waals surface area contributed by atoms with Gasteiger partial charge in [0.25, 0.3) is 0 Å². The molecule has 20 heavy (non-hydrogen) atoms. The van der Waals surface area contributed by atoms with Gasteiger partial charge < -0.3 is 15.0 Å². The largest absolute Gasteiger partial charge is 0.386 e. The molecular weight excluding hydrogens is 250 g/mol. The van der Waals surface area contributed by atoms with Crippen molar-refractivity contribution in [2.45, 2.75) is 39.0 Å². The highest BCUT2D eigenvalue weighted by atomic mass is 16.3. The molecule has 0 bridgehead atoms. The summed E-state index contributed by atoms with van der Waals surface area (Å²) in [6.45, 7) is 6.47. The summed E-state index contributed by atoms with van der Waals surface area (Å²) in [6, 6.07) is 8.24. The molecule has 1 heterocycles. The average molecular weight is 273 g/mol. The van der Waals surface area contributed by atoms with Gasteiger partial charge in [0.05, 0.1) is 11.6 Å². The van der Waals surface area contributed by atoms with Gasteiger partial charge in [-0.15, -0.1) is 0 Å². The van der Waals surface area contributed by atoms with E-state index in [0.29, 0.717) is 0 Å². The second kappa shape index (κ2) is 5.77. The number of imidazole rings is 1. The first-order valence-corrected chi connectivity index (χ1v) is 6.90. The van der Waals surface area contributed by atoms with E-state index in [2.05, 4.69) is 17.2 Å². The van der Waals surface area contributed by atoms with Crippen molar-refractivity contribution in [3.05, 3.63) is 53.6 Å². The molecule has 0 saturated heterocycles. The molecule has 0 fully saturated rings. The number of aliphatic hydroxyl groups is 1. The van der Waals surface area contributed by atoms with E-state index in [9.17, 15) is 5.11 Å². The van der Waals surface area contributed by atoms with Crippen molar-refractivity contribution in [3.63, 3.8) is 0 Å². The van der Waals surface area contributed by atoms with Crippen molar-refractivity contribution >= 4 is 0 Å². The number of nitrogens with one attached hydrogen (secondary N) is 1. The first-order valence-electron chi connectivity index (χ1n) is 6.90. The Hall–Kier alpha value is -1.65. The summed E-state index contributed by atoms with van der Waals surface area (Å²) in [7, 11) is 2.00. The fourth-order valence-electron chi connectivity index (χ4n) is 2.19. The predicted molar refractivity (Wildman–Crippen MR) is 80.1 cm³/mol. The zero-order chi connectivity index (χ0) is 14.8. The molecule has 108 valence electrons. The molecule has 1 unspecified atom stereocenters. The number of aryl methyl sites for hydroxylation is 1. The van der Waals surface area contributed by atoms with Crippen molar-refractivity contribution in [3.8, 4) is 0 Å². The van der Waals surface area contributed by atoms with Gasteiger partial charge in [-0.2, -0.15) is 0 Å². The maximum Gasteiger partial charge on any atom is 0.125 e. The second-order valence-corrected chi connectivity index (χ2v) is 5.75. The van der Waals surface area contributed by atoms with Crippen LogP contribution in [0.5, 0.6) is 0 Å². The van der Waals surface area contributed by atoms with Crippen molar-refractivity contribution in [1.82, 2.24) is 14.9 Å². The third kappa shape index (κ3) is 3.46. The maximum absolute atomic E-state index is 9.93. The summed E-state index contributed by atoms with van der Waals surface area (Å²) in [6.07, 6.45) is 3.76. The van der Waals surface area contributed by atoms with Crippen LogP contribution in [0.2, 0.25) is 0 Å². The van der Waals surface area contributed by atoms with Crippen LogP contribution in [-0.4, -0.2) is 14.7 Å². The highest BCUT2D eigenvalue weighted by molar-refractivity contribution is 5.26. The summed E-state index contributed by atoms with van der Waals surface area (Å²) in [5.74, 6) is 1.03. The molecule has 2 N–H and O–H groups in total. The molecular formula is C16H23N3O. The summed E-state index contributed by atoms with van der Waals surface area (Å²) in [4.78, 5) is 4.34. The minimum absolute atomic E-state index is 0.198. The van der Waals surface area contributed by atoms with Crippen molar-refractivity contribution in [2.75, 3.05) is 0 Å². The highest BCUT2D eigenvalue weighted by Crippen LogP contribution is 2.20. The molecule has 0 amide bonds. The first-order chi connectivity index (χ1) is 9.38. The number of nitrogens with zero attached hydrogens (tertiary/aromatic N) is 2. The third-order valence-corrected chi connectivity index (χ3v) is 3.52. The van der Waals surface area contributed by atoms with Crippen LogP contribution in [0.1, 0.15) is 43.8 Å². The van der Waals surface area contributed by atoms with Gasteiger partial charge in [0.2, 0.25) is 0 Å². The number of aromatic nitrogens is 2. The SMILES string of the molecule is CC(NCc1ccc(C(C)(C)O)cc1)c1nccn1C. The number of hydrogen-bond donors (Lipinski definition) is 2. The van der Waals surface area contributed by atoms with Gasteiger partial charge in [-0.3, -0.25) is 0 Å². The lowest BCUT2D eigenvalue weighted by atomic mass is 9.97. The summed E-state index contributed by atoms with van der Waals surface area (Å²) < 4.78 is 2.02. The van der Waals surface area contributed by atoms with E-state index in [-0.39, 0.29) is 6.04 Å². The fourth-order valence-corrected chi connectivity index (χ4v) is 2.19. The molecule has 1 aromatic heterocycles. The fraction of sp³-hybridized carbons (Fsp3) is 0.438. The number of benzene rings is 1. The first kappa shape index (κ1) is 14.8. The average Bonchev–Trinajstić information content (AvgIpc) is 2.82. The van der Waals surface area contributed by atoms with E-state index >= 15 is 0 Å². The lowest BCUT2D eigenvalue weighted by Crippen LogP contribution is -2.21. The van der Waals surface area contributed by atoms with Gasteiger partial charge in [0, 0.05) is 26.0 Å². The molecule has 1 atom stereocenters. The topological polar surface area (TPSA) is 50.1 Å². The van der Waals surface area contributed by atoms with Gasteiger partial charge >= 0.3 is 0 Å². The molecule has 0 radical (unpaired) electrons. The number of rotatable bonds is 5. The molecule has 4 heteroatoms. The predicted octanol–water partition coefficient (Wildman–Crippen LogP) is 2.50. The van der Waals surface area contributed by atoms with E-state index in [1.54, 1.807) is 13.8 Å². The lowest BCUT2D eigenvalue weighted by molar-refractivity contribution is 0.0786. The minimum Gasteiger partial charge on any atom is -0.386 e. The smallest absolute Gasteiger partial charge is 0.125 e. The molecule has 0 aliphatic carbocycles. The Kier molecular flexibility index (Phi) is 4.26. The van der Waals surface area contributed by atoms with E-state index in [4.69, 9.17) is 0 Å². The van der Waals surface area contributed by atoms with Crippen LogP contribution in [0, 0.1) is 0 Å². The Morgan fingerprint density at radius 3 is 2.45 bits per heavy atom. The van der Waals surface area contributed by atoms with Crippen LogP contribution in [0.3, 0.4) is 0 Å². The summed E-state index contributed by atoms with van der Waals surface area (Å²) in [5.41, 5.74) is 1.34. The van der Waals surface area contributed by atoms with E-state index in [0.717, 1.165) is 17.9 Å². The van der Waals surface area contributed by atoms with Crippen LogP contribution in [0.25, 0.3) is 0 Å². The van der Waals surface area contributed by atoms with Gasteiger partial charge in [-0.25, -0.2) is 4.98 Å².